The van der Waals surface area contributed by atoms with Crippen molar-refractivity contribution in [3.8, 4) is 0 Å². The molecule has 3 rings (SSSR count). The second-order valence-corrected chi connectivity index (χ2v) is 4.79. The summed E-state index contributed by atoms with van der Waals surface area (Å²) in [6, 6.07) is 8.85. The molecular weight excluding hydrogens is 288 g/mol. The number of nitrogens with zero attached hydrogens (tertiary/aromatic N) is 3. The molecule has 0 unspecified atom stereocenters. The van der Waals surface area contributed by atoms with Crippen molar-refractivity contribution < 1.29 is 13.6 Å². The molecule has 6 heteroatoms. The van der Waals surface area contributed by atoms with Gasteiger partial charge >= 0.3 is 0 Å². The Morgan fingerprint density at radius 3 is 2.73 bits per heavy atom. The van der Waals surface area contributed by atoms with E-state index in [1.165, 1.54) is 19.2 Å². The monoisotopic (exact) mass is 301 g/mol. The number of oxime groups is 1. The molecule has 0 N–H and O–H groups in total. The van der Waals surface area contributed by atoms with E-state index in [4.69, 9.17) is 4.84 Å². The van der Waals surface area contributed by atoms with Crippen LogP contribution in [0.4, 0.5) is 8.78 Å². The van der Waals surface area contributed by atoms with Gasteiger partial charge < -0.3 is 4.84 Å². The van der Waals surface area contributed by atoms with Gasteiger partial charge in [-0.3, -0.25) is 4.68 Å². The molecule has 0 atom stereocenters. The molecule has 0 saturated carbocycles. The van der Waals surface area contributed by atoms with Crippen LogP contribution < -0.4 is 0 Å². The van der Waals surface area contributed by atoms with Gasteiger partial charge in [-0.25, -0.2) is 8.78 Å². The van der Waals surface area contributed by atoms with Gasteiger partial charge in [0.2, 0.25) is 0 Å². The normalized spacial score (nSPS) is 11.9. The van der Waals surface area contributed by atoms with E-state index < -0.39 is 11.6 Å². The number of hydrogen-bond donors (Lipinski definition) is 0. The summed E-state index contributed by atoms with van der Waals surface area (Å²) in [5, 5.41) is 8.96. The average molecular weight is 301 g/mol. The second kappa shape index (κ2) is 5.55. The van der Waals surface area contributed by atoms with Gasteiger partial charge in [-0.05, 0) is 24.3 Å². The fraction of sp³-hybridized carbons (Fsp3) is 0.125. The quantitative estimate of drug-likeness (QED) is 0.550. The molecule has 0 fully saturated rings. The lowest BCUT2D eigenvalue weighted by molar-refractivity contribution is 0.214. The van der Waals surface area contributed by atoms with E-state index in [-0.39, 0.29) is 5.56 Å². The van der Waals surface area contributed by atoms with Crippen LogP contribution in [0, 0.1) is 11.6 Å². The van der Waals surface area contributed by atoms with Gasteiger partial charge in [-0.15, -0.1) is 0 Å². The minimum absolute atomic E-state index is 0.173. The first-order chi connectivity index (χ1) is 10.6. The van der Waals surface area contributed by atoms with Crippen LogP contribution in [0.15, 0.2) is 47.8 Å². The Balaban J connectivity index is 2.15. The Labute approximate surface area is 125 Å². The molecule has 112 valence electrons. The summed E-state index contributed by atoms with van der Waals surface area (Å²) in [5.74, 6) is -1.33. The standard InChI is InChI=1S/C16H13F2N3O/c1-21-15-6-3-10(7-11(15)9-19-21)16(20-22-2)13-5-4-12(17)8-14(13)18/h3-9H,1-2H3. The van der Waals surface area contributed by atoms with E-state index in [1.54, 1.807) is 16.9 Å². The lowest BCUT2D eigenvalue weighted by atomic mass is 10.0. The fourth-order valence-corrected chi connectivity index (χ4v) is 2.34. The zero-order chi connectivity index (χ0) is 15.7. The van der Waals surface area contributed by atoms with Crippen molar-refractivity contribution in [1.29, 1.82) is 0 Å². The molecular formula is C16H13F2N3O. The molecule has 0 saturated heterocycles. The van der Waals surface area contributed by atoms with Crippen molar-refractivity contribution in [2.75, 3.05) is 7.11 Å². The van der Waals surface area contributed by atoms with E-state index in [1.807, 2.05) is 19.2 Å². The van der Waals surface area contributed by atoms with E-state index in [2.05, 4.69) is 10.3 Å². The maximum absolute atomic E-state index is 14.0. The Morgan fingerprint density at radius 2 is 2.00 bits per heavy atom. The van der Waals surface area contributed by atoms with Gasteiger partial charge in [0.1, 0.15) is 24.5 Å². The fourth-order valence-electron chi connectivity index (χ4n) is 2.34. The van der Waals surface area contributed by atoms with Crippen molar-refractivity contribution in [3.05, 3.63) is 65.4 Å². The number of rotatable bonds is 3. The van der Waals surface area contributed by atoms with Crippen LogP contribution in [0.1, 0.15) is 11.1 Å². The molecule has 2 aromatic carbocycles. The number of fused-ring (bicyclic) bond motifs is 1. The van der Waals surface area contributed by atoms with Crippen LogP contribution in [-0.4, -0.2) is 22.6 Å². The van der Waals surface area contributed by atoms with Crippen LogP contribution in [0.3, 0.4) is 0 Å². The summed E-state index contributed by atoms with van der Waals surface area (Å²) in [7, 11) is 3.22. The summed E-state index contributed by atoms with van der Waals surface area (Å²) in [6.07, 6.45) is 1.71. The lowest BCUT2D eigenvalue weighted by Gasteiger charge is -2.08. The first-order valence-corrected chi connectivity index (χ1v) is 6.59. The Kier molecular flexibility index (Phi) is 3.58. The zero-order valence-corrected chi connectivity index (χ0v) is 12.0. The van der Waals surface area contributed by atoms with Crippen LogP contribution >= 0.6 is 0 Å². The summed E-state index contributed by atoms with van der Waals surface area (Å²) in [6.45, 7) is 0. The molecule has 0 amide bonds. The number of aryl methyl sites for hydroxylation is 1. The first kappa shape index (κ1) is 14.2. The van der Waals surface area contributed by atoms with Crippen molar-refractivity contribution in [2.45, 2.75) is 0 Å². The van der Waals surface area contributed by atoms with Crippen molar-refractivity contribution in [3.63, 3.8) is 0 Å². The molecule has 22 heavy (non-hydrogen) atoms. The molecule has 0 aliphatic heterocycles. The SMILES string of the molecule is CON=C(c1ccc2c(cnn2C)c1)c1ccc(F)cc1F. The zero-order valence-electron chi connectivity index (χ0n) is 12.0. The van der Waals surface area contributed by atoms with Gasteiger partial charge in [-0.2, -0.15) is 5.10 Å². The molecule has 0 aliphatic rings. The molecule has 1 aromatic heterocycles. The van der Waals surface area contributed by atoms with E-state index in [0.717, 1.165) is 17.0 Å². The van der Waals surface area contributed by atoms with Gasteiger partial charge in [0.05, 0.1) is 11.7 Å². The molecule has 0 radical (unpaired) electrons. The maximum Gasteiger partial charge on any atom is 0.135 e. The highest BCUT2D eigenvalue weighted by Gasteiger charge is 2.15. The van der Waals surface area contributed by atoms with Crippen LogP contribution in [0.25, 0.3) is 10.9 Å². The summed E-state index contributed by atoms with van der Waals surface area (Å²) < 4.78 is 28.9. The topological polar surface area (TPSA) is 39.4 Å². The molecule has 4 nitrogen and oxygen atoms in total. The predicted octanol–water partition coefficient (Wildman–Crippen LogP) is 3.25. The van der Waals surface area contributed by atoms with Crippen LogP contribution in [0.5, 0.6) is 0 Å². The average Bonchev–Trinajstić information content (AvgIpc) is 2.86. The number of benzene rings is 2. The Hall–Kier alpha value is -2.76. The molecule has 1 heterocycles. The van der Waals surface area contributed by atoms with Gasteiger partial charge in [0.25, 0.3) is 0 Å². The van der Waals surface area contributed by atoms with Crippen molar-refractivity contribution in [1.82, 2.24) is 9.78 Å². The third-order valence-electron chi connectivity index (χ3n) is 3.39. The van der Waals surface area contributed by atoms with Gasteiger partial charge in [0, 0.05) is 29.6 Å². The number of hydrogen-bond acceptors (Lipinski definition) is 3. The third-order valence-corrected chi connectivity index (χ3v) is 3.39. The molecule has 3 aromatic rings. The Morgan fingerprint density at radius 1 is 1.18 bits per heavy atom. The van der Waals surface area contributed by atoms with E-state index in [9.17, 15) is 8.78 Å². The Bertz CT molecular complexity index is 871. The lowest BCUT2D eigenvalue weighted by Crippen LogP contribution is -2.07. The number of halogens is 2. The summed E-state index contributed by atoms with van der Waals surface area (Å²) >= 11 is 0. The minimum Gasteiger partial charge on any atom is -0.399 e. The van der Waals surface area contributed by atoms with Crippen molar-refractivity contribution in [2.24, 2.45) is 12.2 Å². The summed E-state index contributed by atoms with van der Waals surface area (Å²) in [5.41, 5.74) is 2.07. The molecule has 0 spiro atoms. The largest absolute Gasteiger partial charge is 0.399 e. The summed E-state index contributed by atoms with van der Waals surface area (Å²) in [4.78, 5) is 4.82. The van der Waals surface area contributed by atoms with Gasteiger partial charge in [-0.1, -0.05) is 11.2 Å². The predicted molar refractivity (Wildman–Crippen MR) is 79.7 cm³/mol. The smallest absolute Gasteiger partial charge is 0.135 e. The van der Waals surface area contributed by atoms with Gasteiger partial charge in [0.15, 0.2) is 0 Å². The minimum atomic E-state index is -0.693. The third kappa shape index (κ3) is 2.43. The molecule has 0 bridgehead atoms. The number of aromatic nitrogens is 2. The molecule has 0 aliphatic carbocycles. The highest BCUT2D eigenvalue weighted by Crippen LogP contribution is 2.20. The highest BCUT2D eigenvalue weighted by molar-refractivity contribution is 6.14. The van der Waals surface area contributed by atoms with Crippen LogP contribution in [-0.2, 0) is 11.9 Å². The first-order valence-electron chi connectivity index (χ1n) is 6.59. The maximum atomic E-state index is 14.0. The van der Waals surface area contributed by atoms with Crippen molar-refractivity contribution >= 4 is 16.6 Å². The van der Waals surface area contributed by atoms with E-state index in [0.29, 0.717) is 11.3 Å². The second-order valence-electron chi connectivity index (χ2n) is 4.79. The highest BCUT2D eigenvalue weighted by atomic mass is 19.1. The van der Waals surface area contributed by atoms with E-state index >= 15 is 0 Å². The van der Waals surface area contributed by atoms with Crippen LogP contribution in [0.2, 0.25) is 0 Å².